The zero-order valence-corrected chi connectivity index (χ0v) is 12.2. The van der Waals surface area contributed by atoms with Gasteiger partial charge in [-0.25, -0.2) is 0 Å². The lowest BCUT2D eigenvalue weighted by Crippen LogP contribution is -2.11. The van der Waals surface area contributed by atoms with Gasteiger partial charge in [0.25, 0.3) is 0 Å². The number of hydrogen-bond acceptors (Lipinski definition) is 0. The van der Waals surface area contributed by atoms with Crippen molar-refractivity contribution in [1.29, 1.82) is 0 Å². The topological polar surface area (TPSA) is 0 Å². The molecule has 1 atom stereocenters. The maximum atomic E-state index is 2.46. The van der Waals surface area contributed by atoms with Crippen LogP contribution in [0.5, 0.6) is 0 Å². The van der Waals surface area contributed by atoms with Gasteiger partial charge >= 0.3 is 0 Å². The third kappa shape index (κ3) is 3.30. The number of hydrogen-bond donors (Lipinski definition) is 0. The van der Waals surface area contributed by atoms with Gasteiger partial charge in [-0.1, -0.05) is 65.8 Å². The molecular formula is C20H24. The predicted molar refractivity (Wildman–Crippen MR) is 87.5 cm³/mol. The second kappa shape index (κ2) is 6.74. The largest absolute Gasteiger partial charge is 0.0842 e. The molecule has 0 fully saturated rings. The molecule has 1 unspecified atom stereocenters. The van der Waals surface area contributed by atoms with Crippen molar-refractivity contribution in [3.63, 3.8) is 0 Å². The summed E-state index contributed by atoms with van der Waals surface area (Å²) >= 11 is 0. The summed E-state index contributed by atoms with van der Waals surface area (Å²) in [6.07, 6.45) is 29.6. The van der Waals surface area contributed by atoms with Crippen LogP contribution in [-0.4, -0.2) is 0 Å². The summed E-state index contributed by atoms with van der Waals surface area (Å²) in [5.74, 6) is 0.588. The van der Waals surface area contributed by atoms with Crippen molar-refractivity contribution >= 4 is 0 Å². The van der Waals surface area contributed by atoms with Crippen molar-refractivity contribution in [2.75, 3.05) is 0 Å². The molecule has 0 spiro atoms. The fourth-order valence-electron chi connectivity index (χ4n) is 3.32. The van der Waals surface area contributed by atoms with Crippen molar-refractivity contribution in [3.8, 4) is 0 Å². The molecule has 3 aliphatic rings. The highest BCUT2D eigenvalue weighted by Gasteiger charge is 2.20. The van der Waals surface area contributed by atoms with E-state index in [0.29, 0.717) is 5.92 Å². The average Bonchev–Trinajstić information content (AvgIpc) is 2.55. The smallest absolute Gasteiger partial charge is 0.00884 e. The van der Waals surface area contributed by atoms with Crippen LogP contribution in [0.3, 0.4) is 0 Å². The second-order valence-electron chi connectivity index (χ2n) is 5.91. The van der Waals surface area contributed by atoms with E-state index in [1.54, 1.807) is 5.57 Å². The average molecular weight is 264 g/mol. The van der Waals surface area contributed by atoms with E-state index < -0.39 is 0 Å². The molecule has 0 saturated heterocycles. The molecule has 3 rings (SSSR count). The van der Waals surface area contributed by atoms with Crippen molar-refractivity contribution in [2.45, 2.75) is 44.9 Å². The van der Waals surface area contributed by atoms with Crippen LogP contribution in [0.4, 0.5) is 0 Å². The van der Waals surface area contributed by atoms with E-state index in [2.05, 4.69) is 54.7 Å². The van der Waals surface area contributed by atoms with Gasteiger partial charge in [-0.15, -0.1) is 0 Å². The van der Waals surface area contributed by atoms with Gasteiger partial charge in [-0.2, -0.15) is 0 Å². The summed E-state index contributed by atoms with van der Waals surface area (Å²) in [4.78, 5) is 0. The first-order valence-electron chi connectivity index (χ1n) is 8.01. The maximum Gasteiger partial charge on any atom is 0.00884 e. The molecule has 0 radical (unpaired) electrons. The van der Waals surface area contributed by atoms with Crippen LogP contribution in [0.1, 0.15) is 44.9 Å². The van der Waals surface area contributed by atoms with E-state index in [4.69, 9.17) is 0 Å². The monoisotopic (exact) mass is 264 g/mol. The Morgan fingerprint density at radius 1 is 0.850 bits per heavy atom. The zero-order chi connectivity index (χ0) is 13.6. The molecular weight excluding hydrogens is 240 g/mol. The van der Waals surface area contributed by atoms with Crippen LogP contribution in [-0.2, 0) is 0 Å². The molecule has 0 aromatic heterocycles. The maximum absolute atomic E-state index is 2.46. The molecule has 20 heavy (non-hydrogen) atoms. The Balaban J connectivity index is 1.83. The Labute approximate surface area is 123 Å². The van der Waals surface area contributed by atoms with Crippen LogP contribution in [0.15, 0.2) is 71.4 Å². The lowest BCUT2D eigenvalue weighted by atomic mass is 9.79. The molecule has 0 amide bonds. The Bertz CT molecular complexity index is 520. The minimum absolute atomic E-state index is 0.588. The summed E-state index contributed by atoms with van der Waals surface area (Å²) in [5.41, 5.74) is 4.68. The zero-order valence-electron chi connectivity index (χ0n) is 12.2. The first-order valence-corrected chi connectivity index (χ1v) is 8.01. The molecule has 0 nitrogen and oxygen atoms in total. The van der Waals surface area contributed by atoms with Crippen LogP contribution >= 0.6 is 0 Å². The Morgan fingerprint density at radius 3 is 2.35 bits per heavy atom. The minimum atomic E-state index is 0.588. The first kappa shape index (κ1) is 13.4. The SMILES string of the molecule is C1=CCCC(C(CC2=CCCC=C2)C2=CCCC=C2)=C1. The fourth-order valence-corrected chi connectivity index (χ4v) is 3.32. The van der Waals surface area contributed by atoms with Gasteiger partial charge in [0, 0.05) is 5.92 Å². The summed E-state index contributed by atoms with van der Waals surface area (Å²) in [6, 6.07) is 0. The summed E-state index contributed by atoms with van der Waals surface area (Å²) in [5, 5.41) is 0. The van der Waals surface area contributed by atoms with Gasteiger partial charge in [0.15, 0.2) is 0 Å². The molecule has 0 saturated carbocycles. The Hall–Kier alpha value is -1.56. The van der Waals surface area contributed by atoms with Gasteiger partial charge < -0.3 is 0 Å². The van der Waals surface area contributed by atoms with E-state index in [1.165, 1.54) is 56.1 Å². The molecule has 0 heteroatoms. The second-order valence-corrected chi connectivity index (χ2v) is 5.91. The van der Waals surface area contributed by atoms with Gasteiger partial charge in [0.1, 0.15) is 0 Å². The van der Waals surface area contributed by atoms with Crippen LogP contribution in [0.2, 0.25) is 0 Å². The van der Waals surface area contributed by atoms with Crippen molar-refractivity contribution in [3.05, 3.63) is 71.4 Å². The van der Waals surface area contributed by atoms with E-state index >= 15 is 0 Å². The number of allylic oxidation sites excluding steroid dienone is 12. The lowest BCUT2D eigenvalue weighted by Gasteiger charge is -2.25. The molecule has 0 N–H and O–H groups in total. The van der Waals surface area contributed by atoms with Crippen molar-refractivity contribution in [2.24, 2.45) is 5.92 Å². The molecule has 104 valence electrons. The fraction of sp³-hybridized carbons (Fsp3) is 0.400. The molecule has 0 heterocycles. The third-order valence-electron chi connectivity index (χ3n) is 4.43. The highest BCUT2D eigenvalue weighted by Crippen LogP contribution is 2.35. The van der Waals surface area contributed by atoms with Crippen LogP contribution in [0.25, 0.3) is 0 Å². The molecule has 0 aromatic carbocycles. The van der Waals surface area contributed by atoms with Gasteiger partial charge in [0.2, 0.25) is 0 Å². The Morgan fingerprint density at radius 2 is 1.70 bits per heavy atom. The summed E-state index contributed by atoms with van der Waals surface area (Å²) in [6.45, 7) is 0. The minimum Gasteiger partial charge on any atom is -0.0842 e. The molecule has 0 aromatic rings. The number of rotatable bonds is 4. The van der Waals surface area contributed by atoms with Gasteiger partial charge in [-0.05, 0) is 50.5 Å². The normalized spacial score (nSPS) is 23.1. The van der Waals surface area contributed by atoms with Gasteiger partial charge in [0.05, 0.1) is 0 Å². The van der Waals surface area contributed by atoms with E-state index in [0.717, 1.165) is 0 Å². The molecule has 3 aliphatic carbocycles. The van der Waals surface area contributed by atoms with Crippen LogP contribution < -0.4 is 0 Å². The lowest BCUT2D eigenvalue weighted by molar-refractivity contribution is 0.669. The summed E-state index contributed by atoms with van der Waals surface area (Å²) < 4.78 is 0. The highest BCUT2D eigenvalue weighted by atomic mass is 14.2. The first-order chi connectivity index (χ1) is 9.93. The van der Waals surface area contributed by atoms with Gasteiger partial charge in [-0.3, -0.25) is 0 Å². The highest BCUT2D eigenvalue weighted by molar-refractivity contribution is 5.38. The molecule has 0 bridgehead atoms. The Kier molecular flexibility index (Phi) is 4.53. The summed E-state index contributed by atoms with van der Waals surface area (Å²) in [7, 11) is 0. The van der Waals surface area contributed by atoms with Crippen LogP contribution in [0, 0.1) is 5.92 Å². The van der Waals surface area contributed by atoms with Crippen molar-refractivity contribution in [1.82, 2.24) is 0 Å². The van der Waals surface area contributed by atoms with E-state index in [9.17, 15) is 0 Å². The standard InChI is InChI=1S/C20H24/c1-4-10-17(11-5-1)16-20(18-12-6-2-7-13-18)19-14-8-3-9-15-19/h2,4,6,8,10-12,14-15,20H,1,3,5,7,9,13,16H2. The van der Waals surface area contributed by atoms with Crippen molar-refractivity contribution < 1.29 is 0 Å². The molecule has 0 aliphatic heterocycles. The quantitative estimate of drug-likeness (QED) is 0.600. The third-order valence-corrected chi connectivity index (χ3v) is 4.43. The van der Waals surface area contributed by atoms with E-state index in [-0.39, 0.29) is 0 Å². The van der Waals surface area contributed by atoms with E-state index in [1.807, 2.05) is 0 Å². The predicted octanol–water partition coefficient (Wildman–Crippen LogP) is 5.82.